The molecule has 3 aliphatic rings. The lowest BCUT2D eigenvalue weighted by molar-refractivity contribution is -0.384. The van der Waals surface area contributed by atoms with Gasteiger partial charge in [0.15, 0.2) is 0 Å². The molecule has 2 saturated heterocycles. The first-order valence-electron chi connectivity index (χ1n) is 11.2. The molecule has 2 heterocycles. The Kier molecular flexibility index (Phi) is 6.84. The first kappa shape index (κ1) is 21.1. The van der Waals surface area contributed by atoms with E-state index in [0.717, 1.165) is 31.8 Å². The zero-order valence-corrected chi connectivity index (χ0v) is 17.6. The Morgan fingerprint density at radius 3 is 2.47 bits per heavy atom. The van der Waals surface area contributed by atoms with E-state index in [-0.39, 0.29) is 17.6 Å². The fraction of sp³-hybridized carbons (Fsp3) is 0.682. The van der Waals surface area contributed by atoms with Gasteiger partial charge in [-0.05, 0) is 43.7 Å². The average Bonchev–Trinajstić information content (AvgIpc) is 3.28. The molecule has 1 N–H and O–H groups in total. The molecule has 0 atom stereocenters. The number of rotatable bonds is 6. The second-order valence-electron chi connectivity index (χ2n) is 8.76. The normalized spacial score (nSPS) is 21.7. The van der Waals surface area contributed by atoms with Crippen LogP contribution in [-0.4, -0.2) is 72.6 Å². The van der Waals surface area contributed by atoms with Gasteiger partial charge in [-0.2, -0.15) is 0 Å². The minimum atomic E-state index is -0.395. The van der Waals surface area contributed by atoms with Crippen LogP contribution in [0.15, 0.2) is 18.2 Å². The predicted molar refractivity (Wildman–Crippen MR) is 115 cm³/mol. The number of piperidine rings is 1. The van der Waals surface area contributed by atoms with Crippen LogP contribution in [0.5, 0.6) is 0 Å². The van der Waals surface area contributed by atoms with Gasteiger partial charge in [0.2, 0.25) is 0 Å². The lowest BCUT2D eigenvalue weighted by Gasteiger charge is -2.34. The number of nitro groups is 1. The van der Waals surface area contributed by atoms with Crippen LogP contribution >= 0.6 is 0 Å². The molecule has 0 radical (unpaired) electrons. The van der Waals surface area contributed by atoms with Crippen LogP contribution in [0.3, 0.4) is 0 Å². The number of nitrogens with one attached hydrogen (secondary N) is 1. The van der Waals surface area contributed by atoms with Gasteiger partial charge in [-0.3, -0.25) is 14.9 Å². The quantitative estimate of drug-likeness (QED) is 0.566. The Bertz CT molecular complexity index is 752. The summed E-state index contributed by atoms with van der Waals surface area (Å²) in [5.74, 6) is 0.681. The van der Waals surface area contributed by atoms with Gasteiger partial charge in [-0.15, -0.1) is 0 Å². The lowest BCUT2D eigenvalue weighted by atomic mass is 10.0. The summed E-state index contributed by atoms with van der Waals surface area (Å²) in [5, 5.41) is 15.0. The molecule has 1 amide bonds. The number of carbonyl (C=O) groups is 1. The first-order chi connectivity index (χ1) is 14.6. The number of hydrogen-bond donors (Lipinski definition) is 1. The number of anilines is 1. The second kappa shape index (κ2) is 9.75. The monoisotopic (exact) mass is 416 g/mol. The van der Waals surface area contributed by atoms with Gasteiger partial charge in [0.1, 0.15) is 5.69 Å². The number of nitro benzene ring substituents is 1. The van der Waals surface area contributed by atoms with Gasteiger partial charge in [0.25, 0.3) is 11.6 Å². The van der Waals surface area contributed by atoms with Gasteiger partial charge in [-0.1, -0.05) is 12.8 Å². The summed E-state index contributed by atoms with van der Waals surface area (Å²) in [4.78, 5) is 28.2. The maximum absolute atomic E-state index is 12.7. The number of carbonyl (C=O) groups excluding carboxylic acids is 1. The Hall–Kier alpha value is -2.19. The summed E-state index contributed by atoms with van der Waals surface area (Å²) < 4.78 is 5.28. The van der Waals surface area contributed by atoms with Gasteiger partial charge in [0.05, 0.1) is 18.1 Å². The smallest absolute Gasteiger partial charge is 0.293 e. The van der Waals surface area contributed by atoms with Crippen LogP contribution in [0.4, 0.5) is 11.4 Å². The van der Waals surface area contributed by atoms with Crippen molar-refractivity contribution in [2.45, 2.75) is 44.6 Å². The first-order valence-corrected chi connectivity index (χ1v) is 11.2. The van der Waals surface area contributed by atoms with E-state index >= 15 is 0 Å². The Balaban J connectivity index is 1.36. The molecule has 3 fully saturated rings. The highest BCUT2D eigenvalue weighted by Crippen LogP contribution is 2.30. The fourth-order valence-electron chi connectivity index (χ4n) is 4.92. The maximum Gasteiger partial charge on any atom is 0.293 e. The predicted octanol–water partition coefficient (Wildman–Crippen LogP) is 3.13. The van der Waals surface area contributed by atoms with Crippen LogP contribution in [0.25, 0.3) is 0 Å². The van der Waals surface area contributed by atoms with Crippen molar-refractivity contribution in [2.24, 2.45) is 5.92 Å². The molecule has 1 aromatic carbocycles. The highest BCUT2D eigenvalue weighted by Gasteiger charge is 2.26. The SMILES string of the molecule is O=C(c1ccc(NC2CCN(CC3CCCC3)CC2)c([N+](=O)[O-])c1)N1CCOCC1. The molecule has 1 saturated carbocycles. The summed E-state index contributed by atoms with van der Waals surface area (Å²) in [6.07, 6.45) is 7.43. The highest BCUT2D eigenvalue weighted by atomic mass is 16.6. The molecule has 164 valence electrons. The number of amides is 1. The van der Waals surface area contributed by atoms with Gasteiger partial charge in [-0.25, -0.2) is 0 Å². The van der Waals surface area contributed by atoms with Crippen molar-refractivity contribution < 1.29 is 14.5 Å². The van der Waals surface area contributed by atoms with Crippen LogP contribution in [0.2, 0.25) is 0 Å². The van der Waals surface area contributed by atoms with Crippen molar-refractivity contribution in [1.82, 2.24) is 9.80 Å². The minimum absolute atomic E-state index is 0.0255. The van der Waals surface area contributed by atoms with Gasteiger partial charge < -0.3 is 19.9 Å². The Labute approximate surface area is 177 Å². The van der Waals surface area contributed by atoms with Gasteiger partial charge >= 0.3 is 0 Å². The molecule has 8 nitrogen and oxygen atoms in total. The second-order valence-corrected chi connectivity index (χ2v) is 8.76. The lowest BCUT2D eigenvalue weighted by Crippen LogP contribution is -2.41. The van der Waals surface area contributed by atoms with Crippen LogP contribution in [0.1, 0.15) is 48.9 Å². The van der Waals surface area contributed by atoms with E-state index in [0.29, 0.717) is 37.6 Å². The molecular weight excluding hydrogens is 384 g/mol. The van der Waals surface area contributed by atoms with E-state index in [1.807, 2.05) is 0 Å². The molecule has 0 aromatic heterocycles. The third-order valence-corrected chi connectivity index (χ3v) is 6.68. The number of likely N-dealkylation sites (tertiary alicyclic amines) is 1. The van der Waals surface area contributed by atoms with Crippen molar-refractivity contribution in [1.29, 1.82) is 0 Å². The number of morpholine rings is 1. The molecule has 8 heteroatoms. The standard InChI is InChI=1S/C22H32N4O4/c27-22(25-11-13-30-14-12-25)18-5-6-20(21(15-18)26(28)29)23-19-7-9-24(10-8-19)16-17-3-1-2-4-17/h5-6,15,17,19,23H,1-4,7-14,16H2. The van der Waals surface area contributed by atoms with Crippen molar-refractivity contribution in [2.75, 3.05) is 51.3 Å². The summed E-state index contributed by atoms with van der Waals surface area (Å²) in [5.41, 5.74) is 0.843. The van der Waals surface area contributed by atoms with Crippen molar-refractivity contribution in [3.63, 3.8) is 0 Å². The Morgan fingerprint density at radius 2 is 1.80 bits per heavy atom. The van der Waals surface area contributed by atoms with E-state index in [2.05, 4.69) is 10.2 Å². The third kappa shape index (κ3) is 5.10. The zero-order chi connectivity index (χ0) is 20.9. The van der Waals surface area contributed by atoms with Crippen LogP contribution in [-0.2, 0) is 4.74 Å². The molecule has 0 spiro atoms. The molecule has 30 heavy (non-hydrogen) atoms. The summed E-state index contributed by atoms with van der Waals surface area (Å²) >= 11 is 0. The summed E-state index contributed by atoms with van der Waals surface area (Å²) in [6.45, 7) is 5.33. The zero-order valence-electron chi connectivity index (χ0n) is 17.6. The Morgan fingerprint density at radius 1 is 1.10 bits per heavy atom. The van der Waals surface area contributed by atoms with Crippen molar-refractivity contribution >= 4 is 17.3 Å². The van der Waals surface area contributed by atoms with Gasteiger partial charge in [0, 0.05) is 50.4 Å². The van der Waals surface area contributed by atoms with Crippen LogP contribution in [0, 0.1) is 16.0 Å². The van der Waals surface area contributed by atoms with E-state index in [1.54, 1.807) is 17.0 Å². The fourth-order valence-corrected chi connectivity index (χ4v) is 4.92. The average molecular weight is 417 g/mol. The molecule has 0 unspecified atom stereocenters. The highest BCUT2D eigenvalue weighted by molar-refractivity contribution is 5.95. The third-order valence-electron chi connectivity index (χ3n) is 6.68. The van der Waals surface area contributed by atoms with Crippen LogP contribution < -0.4 is 5.32 Å². The summed E-state index contributed by atoms with van der Waals surface area (Å²) in [6, 6.07) is 5.03. The van der Waals surface area contributed by atoms with Crippen molar-refractivity contribution in [3.8, 4) is 0 Å². The number of hydrogen-bond acceptors (Lipinski definition) is 6. The molecule has 0 bridgehead atoms. The maximum atomic E-state index is 12.7. The van der Waals surface area contributed by atoms with E-state index in [9.17, 15) is 14.9 Å². The van der Waals surface area contributed by atoms with E-state index in [1.165, 1.54) is 38.3 Å². The van der Waals surface area contributed by atoms with E-state index in [4.69, 9.17) is 4.74 Å². The molecule has 1 aromatic rings. The summed E-state index contributed by atoms with van der Waals surface area (Å²) in [7, 11) is 0. The number of ether oxygens (including phenoxy) is 1. The molecular formula is C22H32N4O4. The molecule has 4 rings (SSSR count). The van der Waals surface area contributed by atoms with Crippen molar-refractivity contribution in [3.05, 3.63) is 33.9 Å². The molecule has 1 aliphatic carbocycles. The minimum Gasteiger partial charge on any atom is -0.378 e. The topological polar surface area (TPSA) is 88.0 Å². The number of benzene rings is 1. The van der Waals surface area contributed by atoms with E-state index < -0.39 is 4.92 Å². The number of nitrogens with zero attached hydrogens (tertiary/aromatic N) is 3. The largest absolute Gasteiger partial charge is 0.378 e. The molecule has 2 aliphatic heterocycles.